The molecule has 1 aliphatic rings. The number of hydrogen-bond acceptors (Lipinski definition) is 4. The van der Waals surface area contributed by atoms with E-state index in [9.17, 15) is 9.90 Å². The van der Waals surface area contributed by atoms with Gasteiger partial charge in [-0.15, -0.1) is 0 Å². The number of aromatic nitrogens is 2. The molecular formula is C18H24N4O2. The molecule has 24 heavy (non-hydrogen) atoms. The zero-order valence-corrected chi connectivity index (χ0v) is 13.7. The number of carbonyl (C=O) groups excluding carboxylic acids is 1. The normalized spacial score (nSPS) is 16.7. The minimum Gasteiger partial charge on any atom is -0.504 e. The predicted octanol–water partition coefficient (Wildman–Crippen LogP) is 2.22. The van der Waals surface area contributed by atoms with Crippen LogP contribution in [0, 0.1) is 5.92 Å². The van der Waals surface area contributed by atoms with E-state index in [1.165, 1.54) is 30.1 Å². The molecule has 1 saturated carbocycles. The average Bonchev–Trinajstić information content (AvgIpc) is 3.03. The first-order valence-corrected chi connectivity index (χ1v) is 8.54. The maximum absolute atomic E-state index is 12.5. The van der Waals surface area contributed by atoms with E-state index < -0.39 is 0 Å². The van der Waals surface area contributed by atoms with Crippen molar-refractivity contribution in [3.8, 4) is 11.4 Å². The van der Waals surface area contributed by atoms with E-state index in [1.807, 2.05) is 30.3 Å². The summed E-state index contributed by atoms with van der Waals surface area (Å²) in [5.41, 5.74) is 6.68. The Morgan fingerprint density at radius 2 is 2.00 bits per heavy atom. The topological polar surface area (TPSA) is 93.2 Å². The van der Waals surface area contributed by atoms with E-state index in [1.54, 1.807) is 0 Å². The van der Waals surface area contributed by atoms with Gasteiger partial charge in [0.05, 0.1) is 11.9 Å². The Hall–Kier alpha value is -2.34. The lowest BCUT2D eigenvalue weighted by Crippen LogP contribution is -2.46. The molecule has 6 nitrogen and oxygen atoms in total. The predicted molar refractivity (Wildman–Crippen MR) is 92.1 cm³/mol. The molecule has 0 spiro atoms. The van der Waals surface area contributed by atoms with Gasteiger partial charge in [0.1, 0.15) is 0 Å². The van der Waals surface area contributed by atoms with Crippen LogP contribution in [-0.4, -0.2) is 33.4 Å². The third-order valence-corrected chi connectivity index (χ3v) is 4.72. The third-order valence-electron chi connectivity index (χ3n) is 4.72. The van der Waals surface area contributed by atoms with Crippen LogP contribution in [0.2, 0.25) is 0 Å². The second-order valence-electron chi connectivity index (χ2n) is 6.36. The first kappa shape index (κ1) is 16.5. The van der Waals surface area contributed by atoms with Crippen LogP contribution in [0.5, 0.6) is 5.75 Å². The maximum Gasteiger partial charge on any atom is 0.275 e. The zero-order valence-electron chi connectivity index (χ0n) is 13.7. The fraction of sp³-hybridized carbons (Fsp3) is 0.444. The zero-order chi connectivity index (χ0) is 16.9. The summed E-state index contributed by atoms with van der Waals surface area (Å²) in [7, 11) is 0. The Labute approximate surface area is 141 Å². The lowest BCUT2D eigenvalue weighted by molar-refractivity contribution is 0.0907. The molecule has 1 aliphatic carbocycles. The van der Waals surface area contributed by atoms with Crippen molar-refractivity contribution in [3.63, 3.8) is 0 Å². The lowest BCUT2D eigenvalue weighted by atomic mass is 9.84. The minimum atomic E-state index is -0.372. The van der Waals surface area contributed by atoms with Gasteiger partial charge in [-0.2, -0.15) is 5.10 Å². The number of nitrogens with zero attached hydrogens (tertiary/aromatic N) is 2. The SMILES string of the molecule is NCC(NC(=O)c1nn(-c2ccccc2)cc1O)C1CCCCC1. The standard InChI is InChI=1S/C18H24N4O2/c19-11-15(13-7-3-1-4-8-13)20-18(24)17-16(23)12-22(21-17)14-9-5-2-6-10-14/h2,5-6,9-10,12-13,15,23H,1,3-4,7-8,11,19H2,(H,20,24). The lowest BCUT2D eigenvalue weighted by Gasteiger charge is -2.29. The van der Waals surface area contributed by atoms with Gasteiger partial charge in [-0.1, -0.05) is 37.5 Å². The van der Waals surface area contributed by atoms with Crippen molar-refractivity contribution < 1.29 is 9.90 Å². The number of nitrogens with two attached hydrogens (primary N) is 1. The second kappa shape index (κ2) is 7.49. The first-order chi connectivity index (χ1) is 11.7. The van der Waals surface area contributed by atoms with E-state index in [0.29, 0.717) is 12.5 Å². The van der Waals surface area contributed by atoms with Crippen LogP contribution in [0.25, 0.3) is 5.69 Å². The van der Waals surface area contributed by atoms with Crippen LogP contribution in [-0.2, 0) is 0 Å². The Bertz CT molecular complexity index is 678. The Balaban J connectivity index is 1.73. The molecule has 1 atom stereocenters. The molecule has 1 unspecified atom stereocenters. The van der Waals surface area contributed by atoms with Crippen molar-refractivity contribution in [2.24, 2.45) is 11.7 Å². The second-order valence-corrected chi connectivity index (χ2v) is 6.36. The molecule has 1 amide bonds. The van der Waals surface area contributed by atoms with Crippen molar-refractivity contribution in [1.82, 2.24) is 15.1 Å². The van der Waals surface area contributed by atoms with Crippen LogP contribution in [0.1, 0.15) is 42.6 Å². The summed E-state index contributed by atoms with van der Waals surface area (Å²) in [5.74, 6) is -0.0926. The van der Waals surface area contributed by atoms with Crippen LogP contribution < -0.4 is 11.1 Å². The highest BCUT2D eigenvalue weighted by Crippen LogP contribution is 2.26. The molecule has 0 radical (unpaired) electrons. The summed E-state index contributed by atoms with van der Waals surface area (Å²) in [6, 6.07) is 9.30. The Morgan fingerprint density at radius 1 is 1.29 bits per heavy atom. The molecule has 1 fully saturated rings. The summed E-state index contributed by atoms with van der Waals surface area (Å²) < 4.78 is 1.50. The molecule has 0 saturated heterocycles. The van der Waals surface area contributed by atoms with E-state index >= 15 is 0 Å². The average molecular weight is 328 g/mol. The molecule has 2 aromatic rings. The molecule has 128 valence electrons. The third kappa shape index (κ3) is 3.59. The highest BCUT2D eigenvalue weighted by atomic mass is 16.3. The van der Waals surface area contributed by atoms with E-state index in [2.05, 4.69) is 10.4 Å². The van der Waals surface area contributed by atoms with Crippen LogP contribution >= 0.6 is 0 Å². The number of nitrogens with one attached hydrogen (secondary N) is 1. The number of aromatic hydroxyl groups is 1. The molecule has 6 heteroatoms. The van der Waals surface area contributed by atoms with Gasteiger partial charge in [0.15, 0.2) is 11.4 Å². The number of hydrogen-bond donors (Lipinski definition) is 3. The van der Waals surface area contributed by atoms with Gasteiger partial charge in [-0.25, -0.2) is 4.68 Å². The van der Waals surface area contributed by atoms with Gasteiger partial charge in [0.25, 0.3) is 5.91 Å². The van der Waals surface area contributed by atoms with Gasteiger partial charge in [-0.3, -0.25) is 4.79 Å². The highest BCUT2D eigenvalue weighted by Gasteiger charge is 2.26. The largest absolute Gasteiger partial charge is 0.504 e. The fourth-order valence-corrected chi connectivity index (χ4v) is 3.38. The maximum atomic E-state index is 12.5. The number of rotatable bonds is 5. The van der Waals surface area contributed by atoms with Crippen LogP contribution in [0.4, 0.5) is 0 Å². The summed E-state index contributed by atoms with van der Waals surface area (Å²) in [5, 5.41) is 17.3. The molecule has 0 aliphatic heterocycles. The molecule has 1 heterocycles. The Morgan fingerprint density at radius 3 is 2.67 bits per heavy atom. The first-order valence-electron chi connectivity index (χ1n) is 8.54. The molecule has 1 aromatic heterocycles. The summed E-state index contributed by atoms with van der Waals surface area (Å²) in [6.45, 7) is 0.399. The van der Waals surface area contributed by atoms with Gasteiger partial charge >= 0.3 is 0 Å². The Kier molecular flexibility index (Phi) is 5.15. The van der Waals surface area contributed by atoms with Crippen molar-refractivity contribution in [2.45, 2.75) is 38.1 Å². The number of carbonyl (C=O) groups is 1. The van der Waals surface area contributed by atoms with E-state index in [-0.39, 0.29) is 23.4 Å². The van der Waals surface area contributed by atoms with Gasteiger partial charge < -0.3 is 16.2 Å². The minimum absolute atomic E-state index is 0.0353. The summed E-state index contributed by atoms with van der Waals surface area (Å²) in [6.07, 6.45) is 7.25. The highest BCUT2D eigenvalue weighted by molar-refractivity contribution is 5.95. The molecule has 3 rings (SSSR count). The molecule has 0 bridgehead atoms. The van der Waals surface area contributed by atoms with E-state index in [4.69, 9.17) is 5.73 Å². The number of amides is 1. The van der Waals surface area contributed by atoms with Crippen LogP contribution in [0.15, 0.2) is 36.5 Å². The quantitative estimate of drug-likeness (QED) is 0.784. The van der Waals surface area contributed by atoms with Crippen molar-refractivity contribution in [2.75, 3.05) is 6.54 Å². The summed E-state index contributed by atoms with van der Waals surface area (Å²) in [4.78, 5) is 12.5. The molecular weight excluding hydrogens is 304 g/mol. The summed E-state index contributed by atoms with van der Waals surface area (Å²) >= 11 is 0. The number of para-hydroxylation sites is 1. The van der Waals surface area contributed by atoms with Crippen LogP contribution in [0.3, 0.4) is 0 Å². The van der Waals surface area contributed by atoms with Crippen molar-refractivity contribution in [1.29, 1.82) is 0 Å². The molecule has 4 N–H and O–H groups in total. The monoisotopic (exact) mass is 328 g/mol. The smallest absolute Gasteiger partial charge is 0.275 e. The fourth-order valence-electron chi connectivity index (χ4n) is 3.38. The van der Waals surface area contributed by atoms with Crippen molar-refractivity contribution >= 4 is 5.91 Å². The van der Waals surface area contributed by atoms with Crippen molar-refractivity contribution in [3.05, 3.63) is 42.2 Å². The number of benzene rings is 1. The van der Waals surface area contributed by atoms with Gasteiger partial charge in [-0.05, 0) is 30.9 Å². The van der Waals surface area contributed by atoms with Gasteiger partial charge in [0, 0.05) is 12.6 Å². The molecule has 1 aromatic carbocycles. The van der Waals surface area contributed by atoms with Gasteiger partial charge in [0.2, 0.25) is 0 Å². The van der Waals surface area contributed by atoms with E-state index in [0.717, 1.165) is 18.5 Å².